The maximum absolute atomic E-state index is 12.8. The van der Waals surface area contributed by atoms with Gasteiger partial charge in [-0.1, -0.05) is 141 Å². The largest absolute Gasteiger partial charge is 0.465 e. The number of carbonyl (C=O) groups excluding carboxylic acids is 3. The lowest BCUT2D eigenvalue weighted by Crippen LogP contribution is -2.35. The minimum Gasteiger partial charge on any atom is -0.465 e. The van der Waals surface area contributed by atoms with Crippen LogP contribution in [0.5, 0.6) is 0 Å². The van der Waals surface area contributed by atoms with Gasteiger partial charge < -0.3 is 19.1 Å². The van der Waals surface area contributed by atoms with Gasteiger partial charge in [-0.3, -0.25) is 9.59 Å². The standard InChI is InChI=1S/C47H85NO6/c1-6-8-10-12-14-16-18-20-22-24-26-28-30-32-34-36-44(49)52-40-42-38-48(46(51)54-47(3,4)5)39-43(42)41-53-45(50)37-35-33-31-29-27-25-23-21-19-17-15-13-11-9-7-2/h20-23,42-43H,6-19,24-41H2,1-5H3. The van der Waals surface area contributed by atoms with Crippen molar-refractivity contribution in [2.75, 3.05) is 26.3 Å². The van der Waals surface area contributed by atoms with Gasteiger partial charge in [0.05, 0.1) is 13.2 Å². The molecule has 2 unspecified atom stereocenters. The lowest BCUT2D eigenvalue weighted by Gasteiger charge is -2.24. The van der Waals surface area contributed by atoms with E-state index in [-0.39, 0.29) is 43.1 Å². The van der Waals surface area contributed by atoms with Gasteiger partial charge >= 0.3 is 18.0 Å². The van der Waals surface area contributed by atoms with Gasteiger partial charge in [0.15, 0.2) is 0 Å². The molecule has 1 rings (SSSR count). The molecule has 0 radical (unpaired) electrons. The second kappa shape index (κ2) is 34.0. The number of esters is 2. The minimum atomic E-state index is -0.600. The molecular weight excluding hydrogens is 675 g/mol. The molecule has 0 aromatic rings. The normalized spacial score (nSPS) is 16.1. The smallest absolute Gasteiger partial charge is 0.410 e. The number of unbranched alkanes of at least 4 members (excludes halogenated alkanes) is 22. The maximum Gasteiger partial charge on any atom is 0.410 e. The number of ether oxygens (including phenoxy) is 3. The topological polar surface area (TPSA) is 82.1 Å². The number of likely N-dealkylation sites (tertiary alicyclic amines) is 1. The fourth-order valence-electron chi connectivity index (χ4n) is 7.02. The summed E-state index contributed by atoms with van der Waals surface area (Å²) in [6.07, 6.45) is 41.5. The van der Waals surface area contributed by atoms with Crippen LogP contribution < -0.4 is 0 Å². The van der Waals surface area contributed by atoms with Crippen molar-refractivity contribution in [3.63, 3.8) is 0 Å². The van der Waals surface area contributed by atoms with Gasteiger partial charge in [0.25, 0.3) is 0 Å². The zero-order chi connectivity index (χ0) is 39.5. The Morgan fingerprint density at radius 1 is 0.500 bits per heavy atom. The Hall–Kier alpha value is -2.31. The monoisotopic (exact) mass is 760 g/mol. The van der Waals surface area contributed by atoms with E-state index in [9.17, 15) is 14.4 Å². The molecule has 314 valence electrons. The van der Waals surface area contributed by atoms with E-state index in [1.165, 1.54) is 116 Å². The molecule has 0 aliphatic carbocycles. The van der Waals surface area contributed by atoms with E-state index >= 15 is 0 Å². The van der Waals surface area contributed by atoms with E-state index in [0.29, 0.717) is 25.9 Å². The van der Waals surface area contributed by atoms with Crippen molar-refractivity contribution in [1.29, 1.82) is 0 Å². The molecular formula is C47H85NO6. The number of rotatable bonds is 34. The molecule has 1 fully saturated rings. The lowest BCUT2D eigenvalue weighted by molar-refractivity contribution is -0.149. The zero-order valence-electron chi connectivity index (χ0n) is 36.0. The Balaban J connectivity index is 2.25. The highest BCUT2D eigenvalue weighted by molar-refractivity contribution is 5.70. The Bertz CT molecular complexity index is 921. The second-order valence-corrected chi connectivity index (χ2v) is 16.9. The van der Waals surface area contributed by atoms with Crippen LogP contribution in [0.1, 0.15) is 214 Å². The molecule has 54 heavy (non-hydrogen) atoms. The number of hydrogen-bond donors (Lipinski definition) is 0. The molecule has 0 bridgehead atoms. The summed E-state index contributed by atoms with van der Waals surface area (Å²) in [5.41, 5.74) is -0.600. The van der Waals surface area contributed by atoms with Gasteiger partial charge in [0.1, 0.15) is 5.60 Å². The first-order valence-corrected chi connectivity index (χ1v) is 22.7. The third-order valence-corrected chi connectivity index (χ3v) is 10.4. The predicted octanol–water partition coefficient (Wildman–Crippen LogP) is 13.6. The number of allylic oxidation sites excluding steroid dienone is 4. The van der Waals surface area contributed by atoms with Gasteiger partial charge in [-0.05, 0) is 85.0 Å². The first kappa shape index (κ1) is 49.7. The van der Waals surface area contributed by atoms with Gasteiger partial charge in [0, 0.05) is 37.8 Å². The van der Waals surface area contributed by atoms with Gasteiger partial charge in [-0.15, -0.1) is 0 Å². The maximum atomic E-state index is 12.8. The van der Waals surface area contributed by atoms with Crippen LogP contribution in [0.25, 0.3) is 0 Å². The van der Waals surface area contributed by atoms with Crippen molar-refractivity contribution >= 4 is 18.0 Å². The van der Waals surface area contributed by atoms with Crippen LogP contribution in [-0.4, -0.2) is 54.8 Å². The SMILES string of the molecule is CCCCCCCCC=CCCCCCCCC(=O)OCC1CN(C(=O)OC(C)(C)C)CC1COC(=O)CCCCCCCC=CCCCCCCCC. The van der Waals surface area contributed by atoms with Crippen molar-refractivity contribution in [3.8, 4) is 0 Å². The molecule has 0 aromatic carbocycles. The molecule has 0 N–H and O–H groups in total. The third-order valence-electron chi connectivity index (χ3n) is 10.4. The highest BCUT2D eigenvalue weighted by Gasteiger charge is 2.38. The first-order chi connectivity index (χ1) is 26.2. The van der Waals surface area contributed by atoms with Crippen LogP contribution in [0.15, 0.2) is 24.3 Å². The van der Waals surface area contributed by atoms with E-state index in [2.05, 4.69) is 38.2 Å². The van der Waals surface area contributed by atoms with Crippen molar-refractivity contribution in [1.82, 2.24) is 4.90 Å². The third kappa shape index (κ3) is 30.0. The molecule has 1 amide bonds. The minimum absolute atomic E-state index is 0.0942. The van der Waals surface area contributed by atoms with Crippen molar-refractivity contribution in [3.05, 3.63) is 24.3 Å². The Labute approximate surface area is 333 Å². The Kier molecular flexibility index (Phi) is 31.3. The fraction of sp³-hybridized carbons (Fsp3) is 0.851. The molecule has 1 aliphatic heterocycles. The highest BCUT2D eigenvalue weighted by Crippen LogP contribution is 2.27. The van der Waals surface area contributed by atoms with Gasteiger partial charge in [-0.2, -0.15) is 0 Å². The van der Waals surface area contributed by atoms with Gasteiger partial charge in [-0.25, -0.2) is 4.79 Å². The molecule has 7 heteroatoms. The zero-order valence-corrected chi connectivity index (χ0v) is 36.0. The molecule has 1 heterocycles. The van der Waals surface area contributed by atoms with E-state index in [1.54, 1.807) is 4.90 Å². The number of nitrogens with zero attached hydrogens (tertiary/aromatic N) is 1. The number of carbonyl (C=O) groups is 3. The molecule has 0 saturated carbocycles. The van der Waals surface area contributed by atoms with Crippen LogP contribution in [0.2, 0.25) is 0 Å². The molecule has 1 saturated heterocycles. The van der Waals surface area contributed by atoms with Crippen molar-refractivity contribution < 1.29 is 28.6 Å². The van der Waals surface area contributed by atoms with Crippen molar-refractivity contribution in [2.45, 2.75) is 220 Å². The summed E-state index contributed by atoms with van der Waals surface area (Å²) < 4.78 is 17.0. The average Bonchev–Trinajstić information content (AvgIpc) is 3.55. The predicted molar refractivity (Wildman–Crippen MR) is 226 cm³/mol. The van der Waals surface area contributed by atoms with Crippen LogP contribution in [-0.2, 0) is 23.8 Å². The first-order valence-electron chi connectivity index (χ1n) is 22.7. The molecule has 0 aromatic heterocycles. The Morgan fingerprint density at radius 2 is 0.815 bits per heavy atom. The van der Waals surface area contributed by atoms with Crippen LogP contribution >= 0.6 is 0 Å². The molecule has 1 aliphatic rings. The van der Waals surface area contributed by atoms with E-state index in [4.69, 9.17) is 14.2 Å². The molecule has 2 atom stereocenters. The quantitative estimate of drug-likeness (QED) is 0.0281. The summed E-state index contributed by atoms with van der Waals surface area (Å²) in [6.45, 7) is 11.4. The average molecular weight is 760 g/mol. The van der Waals surface area contributed by atoms with Crippen molar-refractivity contribution in [2.24, 2.45) is 11.8 Å². The summed E-state index contributed by atoms with van der Waals surface area (Å²) in [7, 11) is 0. The Morgan fingerprint density at radius 3 is 1.15 bits per heavy atom. The summed E-state index contributed by atoms with van der Waals surface area (Å²) in [4.78, 5) is 39.7. The number of amides is 1. The molecule has 7 nitrogen and oxygen atoms in total. The summed E-state index contributed by atoms with van der Waals surface area (Å²) in [6, 6.07) is 0. The summed E-state index contributed by atoms with van der Waals surface area (Å²) in [5, 5.41) is 0. The van der Waals surface area contributed by atoms with Crippen LogP contribution in [0.4, 0.5) is 4.79 Å². The second-order valence-electron chi connectivity index (χ2n) is 16.9. The van der Waals surface area contributed by atoms with E-state index in [1.807, 2.05) is 20.8 Å². The van der Waals surface area contributed by atoms with Crippen LogP contribution in [0, 0.1) is 11.8 Å². The lowest BCUT2D eigenvalue weighted by atomic mass is 9.98. The summed E-state index contributed by atoms with van der Waals surface area (Å²) in [5.74, 6) is -0.571. The number of hydrogen-bond acceptors (Lipinski definition) is 6. The van der Waals surface area contributed by atoms with Gasteiger partial charge in [0.2, 0.25) is 0 Å². The van der Waals surface area contributed by atoms with Crippen LogP contribution in [0.3, 0.4) is 0 Å². The molecule has 0 spiro atoms. The summed E-state index contributed by atoms with van der Waals surface area (Å²) >= 11 is 0. The fourth-order valence-corrected chi connectivity index (χ4v) is 7.02. The highest BCUT2D eigenvalue weighted by atomic mass is 16.6. The van der Waals surface area contributed by atoms with E-state index < -0.39 is 5.60 Å². The van der Waals surface area contributed by atoms with E-state index in [0.717, 1.165) is 51.4 Å².